The lowest BCUT2D eigenvalue weighted by Gasteiger charge is -2.11. The zero-order valence-corrected chi connectivity index (χ0v) is 14.0. The summed E-state index contributed by atoms with van der Waals surface area (Å²) in [6.45, 7) is -0.811. The van der Waals surface area contributed by atoms with E-state index in [1.54, 1.807) is 0 Å². The molecule has 0 aliphatic rings. The number of hydrogen-bond acceptors (Lipinski definition) is 8. The number of hydrogen-bond donors (Lipinski definition) is 2. The molecule has 0 aliphatic heterocycles. The number of rotatable bonds is 7. The summed E-state index contributed by atoms with van der Waals surface area (Å²) in [6, 6.07) is 4.92. The monoisotopic (exact) mass is 384 g/mol. The second kappa shape index (κ2) is 7.23. The Balaban J connectivity index is 2.61. The van der Waals surface area contributed by atoms with E-state index in [0.29, 0.717) is 0 Å². The molecule has 2 aromatic rings. The van der Waals surface area contributed by atoms with Gasteiger partial charge in [-0.15, -0.1) is 9.19 Å². The number of aromatic nitrogens is 2. The molecule has 0 saturated heterocycles. The number of ether oxygens (including phenoxy) is 2. The second-order valence-corrected chi connectivity index (χ2v) is 6.44. The van der Waals surface area contributed by atoms with Crippen molar-refractivity contribution in [3.8, 4) is 11.6 Å². The number of benzene rings is 1. The highest BCUT2D eigenvalue weighted by Crippen LogP contribution is 2.23. The third-order valence-electron chi connectivity index (χ3n) is 3.01. The highest BCUT2D eigenvalue weighted by molar-refractivity contribution is 7.89. The van der Waals surface area contributed by atoms with E-state index >= 15 is 0 Å². The quantitative estimate of drug-likeness (QED) is 0.645. The zero-order valence-electron chi connectivity index (χ0n) is 13.1. The molecule has 138 valence electrons. The van der Waals surface area contributed by atoms with Crippen molar-refractivity contribution in [2.75, 3.05) is 13.7 Å². The Morgan fingerprint density at radius 1 is 1.19 bits per heavy atom. The van der Waals surface area contributed by atoms with E-state index in [9.17, 15) is 27.9 Å². The van der Waals surface area contributed by atoms with Crippen LogP contribution in [-0.2, 0) is 14.8 Å². The van der Waals surface area contributed by atoms with Crippen molar-refractivity contribution >= 4 is 22.0 Å². The van der Waals surface area contributed by atoms with Gasteiger partial charge in [-0.3, -0.25) is 4.79 Å². The van der Waals surface area contributed by atoms with Crippen molar-refractivity contribution in [3.05, 3.63) is 46.2 Å². The number of carboxylic acid groups (broad SMARTS) is 2. The molecule has 0 fully saturated rings. The smallest absolute Gasteiger partial charge is 0.341 e. The minimum Gasteiger partial charge on any atom is -0.497 e. The van der Waals surface area contributed by atoms with Crippen LogP contribution in [0.5, 0.6) is 11.6 Å². The van der Waals surface area contributed by atoms with Gasteiger partial charge < -0.3 is 19.7 Å². The molecule has 1 heterocycles. The van der Waals surface area contributed by atoms with Gasteiger partial charge in [-0.25, -0.2) is 9.59 Å². The average Bonchev–Trinajstić information content (AvgIpc) is 2.60. The van der Waals surface area contributed by atoms with Crippen molar-refractivity contribution in [1.29, 1.82) is 0 Å². The van der Waals surface area contributed by atoms with Crippen LogP contribution >= 0.6 is 0 Å². The fourth-order valence-corrected chi connectivity index (χ4v) is 3.22. The van der Waals surface area contributed by atoms with Gasteiger partial charge in [0.15, 0.2) is 6.61 Å². The third kappa shape index (κ3) is 3.80. The highest BCUT2D eigenvalue weighted by atomic mass is 32.2. The topological polar surface area (TPSA) is 162 Å². The first-order valence-corrected chi connectivity index (χ1v) is 8.22. The third-order valence-corrected chi connectivity index (χ3v) is 4.64. The van der Waals surface area contributed by atoms with Crippen LogP contribution < -0.4 is 15.0 Å². The van der Waals surface area contributed by atoms with Crippen LogP contribution in [0.2, 0.25) is 0 Å². The summed E-state index contributed by atoms with van der Waals surface area (Å²) in [4.78, 5) is 33.1. The first-order valence-electron chi connectivity index (χ1n) is 6.78. The lowest BCUT2D eigenvalue weighted by Crippen LogP contribution is -2.30. The van der Waals surface area contributed by atoms with Gasteiger partial charge in [0.2, 0.25) is 5.88 Å². The Hall–Kier alpha value is -3.41. The minimum absolute atomic E-state index is 0.0262. The molecular formula is C14H12N2O9S. The zero-order chi connectivity index (χ0) is 19.5. The van der Waals surface area contributed by atoms with Crippen molar-refractivity contribution in [2.24, 2.45) is 0 Å². The molecule has 1 aromatic carbocycles. The Morgan fingerprint density at radius 2 is 1.88 bits per heavy atom. The predicted octanol–water partition coefficient (Wildman–Crippen LogP) is -0.350. The van der Waals surface area contributed by atoms with Crippen LogP contribution in [0.15, 0.2) is 40.0 Å². The van der Waals surface area contributed by atoms with Crippen LogP contribution in [-0.4, -0.2) is 53.5 Å². The number of carboxylic acids is 2. The van der Waals surface area contributed by atoms with Gasteiger partial charge in [0.25, 0.3) is 15.6 Å². The van der Waals surface area contributed by atoms with Crippen molar-refractivity contribution in [2.45, 2.75) is 4.90 Å². The van der Waals surface area contributed by atoms with Gasteiger partial charge in [-0.2, -0.15) is 8.42 Å². The second-order valence-electron chi connectivity index (χ2n) is 4.71. The Bertz CT molecular complexity index is 1030. The lowest BCUT2D eigenvalue weighted by molar-refractivity contribution is -0.139. The van der Waals surface area contributed by atoms with Crippen LogP contribution in [0.3, 0.4) is 0 Å². The normalized spacial score (nSPS) is 11.0. The summed E-state index contributed by atoms with van der Waals surface area (Å²) in [5.41, 5.74) is -1.71. The van der Waals surface area contributed by atoms with Crippen LogP contribution in [0, 0.1) is 0 Å². The molecule has 0 bridgehead atoms. The first kappa shape index (κ1) is 18.9. The average molecular weight is 384 g/mol. The Kier molecular flexibility index (Phi) is 5.26. The Morgan fingerprint density at radius 3 is 2.46 bits per heavy atom. The summed E-state index contributed by atoms with van der Waals surface area (Å²) in [7, 11) is -3.43. The summed E-state index contributed by atoms with van der Waals surface area (Å²) in [5.74, 6) is -3.24. The van der Waals surface area contributed by atoms with Crippen LogP contribution in [0.1, 0.15) is 10.4 Å². The number of aliphatic carboxylic acids is 1. The van der Waals surface area contributed by atoms with Gasteiger partial charge in [-0.05, 0) is 18.2 Å². The summed E-state index contributed by atoms with van der Waals surface area (Å²) >= 11 is 0. The number of aromatic carboxylic acids is 1. The lowest BCUT2D eigenvalue weighted by atomic mass is 10.2. The van der Waals surface area contributed by atoms with Gasteiger partial charge in [0, 0.05) is 12.1 Å². The standard InChI is InChI=1S/C14H12N2O9S/c1-24-8-2-3-10(9(6-8)14(20)21)26(22,23)16-12(17)5-4-11(15-16)25-7-13(18)19/h2-6H,7H2,1H3,(H,18,19)(H,20,21). The predicted molar refractivity (Wildman–Crippen MR) is 84.2 cm³/mol. The van der Waals surface area contributed by atoms with Gasteiger partial charge in [0.05, 0.1) is 12.7 Å². The van der Waals surface area contributed by atoms with Gasteiger partial charge >= 0.3 is 11.9 Å². The molecule has 0 radical (unpaired) electrons. The summed E-state index contributed by atoms with van der Waals surface area (Å²) in [6.07, 6.45) is 0. The first-order chi connectivity index (χ1) is 12.2. The molecule has 2 N–H and O–H groups in total. The van der Waals surface area contributed by atoms with E-state index in [1.165, 1.54) is 13.2 Å². The van der Waals surface area contributed by atoms with E-state index in [4.69, 9.17) is 14.6 Å². The molecular weight excluding hydrogens is 372 g/mol. The molecule has 11 nitrogen and oxygen atoms in total. The van der Waals surface area contributed by atoms with E-state index in [0.717, 1.165) is 24.3 Å². The molecule has 0 amide bonds. The maximum absolute atomic E-state index is 12.7. The van der Waals surface area contributed by atoms with E-state index in [1.807, 2.05) is 0 Å². The van der Waals surface area contributed by atoms with Crippen LogP contribution in [0.25, 0.3) is 0 Å². The molecule has 2 rings (SSSR count). The molecule has 0 unspecified atom stereocenters. The molecule has 0 spiro atoms. The maximum atomic E-state index is 12.7. The molecule has 26 heavy (non-hydrogen) atoms. The van der Waals surface area contributed by atoms with Crippen LogP contribution in [0.4, 0.5) is 0 Å². The van der Waals surface area contributed by atoms with Crippen molar-refractivity contribution in [3.63, 3.8) is 0 Å². The number of nitrogens with zero attached hydrogens (tertiary/aromatic N) is 2. The molecule has 12 heteroatoms. The molecule has 1 aromatic heterocycles. The Labute approximate surface area is 146 Å². The minimum atomic E-state index is -4.70. The van der Waals surface area contributed by atoms with Crippen molar-refractivity contribution in [1.82, 2.24) is 9.19 Å². The SMILES string of the molecule is COc1ccc(S(=O)(=O)n2nc(OCC(=O)O)ccc2=O)c(C(=O)O)c1. The number of carbonyl (C=O) groups is 2. The summed E-state index contributed by atoms with van der Waals surface area (Å²) in [5, 5.41) is 21.3. The maximum Gasteiger partial charge on any atom is 0.341 e. The van der Waals surface area contributed by atoms with Gasteiger partial charge in [0.1, 0.15) is 10.6 Å². The van der Waals surface area contributed by atoms with Crippen molar-refractivity contribution < 1.29 is 37.7 Å². The fourth-order valence-electron chi connectivity index (χ4n) is 1.88. The molecule has 0 atom stereocenters. The van der Waals surface area contributed by atoms with E-state index in [2.05, 4.69) is 5.10 Å². The highest BCUT2D eigenvalue weighted by Gasteiger charge is 2.27. The van der Waals surface area contributed by atoms with E-state index < -0.39 is 50.5 Å². The van der Waals surface area contributed by atoms with E-state index in [-0.39, 0.29) is 9.84 Å². The number of methoxy groups -OCH3 is 1. The molecule has 0 aliphatic carbocycles. The fraction of sp³-hybridized carbons (Fsp3) is 0.143. The largest absolute Gasteiger partial charge is 0.497 e. The summed E-state index contributed by atoms with van der Waals surface area (Å²) < 4.78 is 35.0. The molecule has 0 saturated carbocycles. The van der Waals surface area contributed by atoms with Gasteiger partial charge in [-0.1, -0.05) is 0 Å².